The highest BCUT2D eigenvalue weighted by Crippen LogP contribution is 2.38. The van der Waals surface area contributed by atoms with Gasteiger partial charge in [-0.15, -0.1) is 0 Å². The molecule has 3 aromatic carbocycles. The first-order valence-corrected chi connectivity index (χ1v) is 12.1. The van der Waals surface area contributed by atoms with Crippen LogP contribution in [0.25, 0.3) is 0 Å². The monoisotopic (exact) mass is 487 g/mol. The fourth-order valence-corrected chi connectivity index (χ4v) is 4.68. The Morgan fingerprint density at radius 1 is 0.829 bits per heavy atom. The second kappa shape index (κ2) is 8.73. The second-order valence-corrected chi connectivity index (χ2v) is 9.39. The molecule has 1 amide bonds. The van der Waals surface area contributed by atoms with Gasteiger partial charge in [0.2, 0.25) is 5.95 Å². The summed E-state index contributed by atoms with van der Waals surface area (Å²) in [5.74, 6) is 0.943. The Morgan fingerprint density at radius 3 is 2.26 bits per heavy atom. The predicted octanol–water partition coefficient (Wildman–Crippen LogP) is 4.35. The van der Waals surface area contributed by atoms with Gasteiger partial charge in [-0.05, 0) is 48.5 Å². The molecule has 1 aliphatic heterocycles. The molecule has 176 valence electrons. The molecule has 0 fully saturated rings. The maximum absolute atomic E-state index is 12.9. The Balaban J connectivity index is 1.40. The molecule has 0 atom stereocenters. The van der Waals surface area contributed by atoms with Gasteiger partial charge in [-0.3, -0.25) is 4.79 Å². The molecule has 0 bridgehead atoms. The molecule has 0 spiro atoms. The van der Waals surface area contributed by atoms with Crippen molar-refractivity contribution in [2.45, 2.75) is 4.90 Å². The maximum atomic E-state index is 12.9. The van der Waals surface area contributed by atoms with Gasteiger partial charge in [0.15, 0.2) is 5.82 Å². The van der Waals surface area contributed by atoms with Crippen LogP contribution in [0.3, 0.4) is 0 Å². The van der Waals surface area contributed by atoms with E-state index in [-0.39, 0.29) is 16.6 Å². The molecule has 1 aromatic heterocycles. The Labute approximate surface area is 202 Å². The molecule has 4 aromatic rings. The normalized spacial score (nSPS) is 13.0. The first kappa shape index (κ1) is 22.4. The Kier molecular flexibility index (Phi) is 5.58. The van der Waals surface area contributed by atoms with Gasteiger partial charge >= 0.3 is 10.1 Å². The van der Waals surface area contributed by atoms with E-state index in [1.807, 2.05) is 30.1 Å². The van der Waals surface area contributed by atoms with Crippen molar-refractivity contribution in [3.63, 3.8) is 0 Å². The van der Waals surface area contributed by atoms with Crippen LogP contribution in [0.15, 0.2) is 90.0 Å². The highest BCUT2D eigenvalue weighted by Gasteiger charge is 2.28. The molecule has 0 saturated heterocycles. The third-order valence-corrected chi connectivity index (χ3v) is 6.84. The van der Waals surface area contributed by atoms with Crippen molar-refractivity contribution in [2.24, 2.45) is 0 Å². The summed E-state index contributed by atoms with van der Waals surface area (Å²) >= 11 is 0. The summed E-state index contributed by atoms with van der Waals surface area (Å²) in [5, 5.41) is 3.09. The van der Waals surface area contributed by atoms with Crippen LogP contribution in [0.5, 0.6) is 5.75 Å². The number of hydrogen-bond acceptors (Lipinski definition) is 8. The summed E-state index contributed by atoms with van der Waals surface area (Å²) in [5.41, 5.74) is 2.46. The number of hydrogen-bond donors (Lipinski definition) is 1. The van der Waals surface area contributed by atoms with Gasteiger partial charge in [-0.25, -0.2) is 4.98 Å². The summed E-state index contributed by atoms with van der Waals surface area (Å²) in [6.07, 6.45) is 1.58. The number of carbonyl (C=O) groups is 1. The lowest BCUT2D eigenvalue weighted by Gasteiger charge is -2.21. The molecular weight excluding hydrogens is 466 g/mol. The number of rotatable bonds is 5. The molecule has 0 radical (unpaired) electrons. The van der Waals surface area contributed by atoms with Crippen molar-refractivity contribution in [1.82, 2.24) is 9.97 Å². The summed E-state index contributed by atoms with van der Waals surface area (Å²) < 4.78 is 30.3. The number of nitrogens with one attached hydrogen (secondary N) is 1. The highest BCUT2D eigenvalue weighted by molar-refractivity contribution is 7.87. The van der Waals surface area contributed by atoms with Gasteiger partial charge < -0.3 is 19.3 Å². The zero-order valence-electron chi connectivity index (χ0n) is 18.9. The Hall–Kier alpha value is -4.44. The van der Waals surface area contributed by atoms with E-state index in [4.69, 9.17) is 4.18 Å². The van der Waals surface area contributed by atoms with Crippen LogP contribution >= 0.6 is 0 Å². The van der Waals surface area contributed by atoms with E-state index in [1.165, 1.54) is 17.0 Å². The van der Waals surface area contributed by atoms with Crippen LogP contribution in [0, 0.1) is 0 Å². The quantitative estimate of drug-likeness (QED) is 0.415. The smallest absolute Gasteiger partial charge is 0.339 e. The van der Waals surface area contributed by atoms with Crippen molar-refractivity contribution in [3.05, 3.63) is 90.6 Å². The second-order valence-electron chi connectivity index (χ2n) is 7.84. The fourth-order valence-electron chi connectivity index (χ4n) is 3.75. The molecule has 1 aliphatic rings. The fraction of sp³-hybridized carbons (Fsp3) is 0.0800. The molecule has 9 nitrogen and oxygen atoms in total. The summed E-state index contributed by atoms with van der Waals surface area (Å²) in [6, 6.07) is 21.7. The number of benzene rings is 3. The molecule has 0 saturated carbocycles. The van der Waals surface area contributed by atoms with Crippen molar-refractivity contribution in [2.75, 3.05) is 29.2 Å². The minimum Gasteiger partial charge on any atom is -0.379 e. The molecule has 1 N–H and O–H groups in total. The largest absolute Gasteiger partial charge is 0.379 e. The maximum Gasteiger partial charge on any atom is 0.339 e. The van der Waals surface area contributed by atoms with Gasteiger partial charge in [-0.2, -0.15) is 13.4 Å². The summed E-state index contributed by atoms with van der Waals surface area (Å²) in [7, 11) is -0.444. The number of para-hydroxylation sites is 2. The van der Waals surface area contributed by atoms with Crippen LogP contribution in [-0.2, 0) is 10.1 Å². The SMILES string of the molecule is CN1C(=O)c2ccccc2N(C)c2nc(Nc3ccc(S(=O)(=O)Oc4ccccc4)cc3)ncc21. The molecule has 0 unspecified atom stereocenters. The highest BCUT2D eigenvalue weighted by atomic mass is 32.2. The number of amides is 1. The molecule has 5 rings (SSSR count). The minimum atomic E-state index is -3.97. The van der Waals surface area contributed by atoms with Gasteiger partial charge in [0.1, 0.15) is 16.3 Å². The van der Waals surface area contributed by atoms with Crippen molar-refractivity contribution in [1.29, 1.82) is 0 Å². The average Bonchev–Trinajstić information content (AvgIpc) is 2.95. The van der Waals surface area contributed by atoms with Gasteiger partial charge in [0.05, 0.1) is 17.4 Å². The summed E-state index contributed by atoms with van der Waals surface area (Å²) in [4.78, 5) is 25.3. The van der Waals surface area contributed by atoms with E-state index in [2.05, 4.69) is 15.3 Å². The first-order valence-electron chi connectivity index (χ1n) is 10.7. The van der Waals surface area contributed by atoms with Crippen LogP contribution in [0.2, 0.25) is 0 Å². The van der Waals surface area contributed by atoms with Crippen LogP contribution < -0.4 is 19.3 Å². The number of aromatic nitrogens is 2. The molecule has 10 heteroatoms. The standard InChI is InChI=1S/C25H21N5O4S/c1-29-21-11-7-6-10-20(21)24(31)30(2)22-16-26-25(28-23(22)29)27-17-12-14-19(15-13-17)35(32,33)34-18-8-4-3-5-9-18/h3-16H,1-2H3,(H,26,27,28). The number of nitrogens with zero attached hydrogens (tertiary/aromatic N) is 4. The van der Waals surface area contributed by atoms with Crippen molar-refractivity contribution >= 4 is 44.9 Å². The Bertz CT molecular complexity index is 1510. The number of carbonyl (C=O) groups excluding carboxylic acids is 1. The third kappa shape index (κ3) is 4.26. The van der Waals surface area contributed by atoms with E-state index in [9.17, 15) is 13.2 Å². The van der Waals surface area contributed by atoms with Crippen LogP contribution in [0.1, 0.15) is 10.4 Å². The van der Waals surface area contributed by atoms with E-state index in [1.54, 1.807) is 61.8 Å². The number of anilines is 5. The Morgan fingerprint density at radius 2 is 1.51 bits per heavy atom. The molecule has 35 heavy (non-hydrogen) atoms. The lowest BCUT2D eigenvalue weighted by atomic mass is 10.1. The van der Waals surface area contributed by atoms with E-state index in [0.717, 1.165) is 5.69 Å². The average molecular weight is 488 g/mol. The predicted molar refractivity (Wildman–Crippen MR) is 133 cm³/mol. The lowest BCUT2D eigenvalue weighted by Crippen LogP contribution is -2.25. The molecular formula is C25H21N5O4S. The zero-order chi connectivity index (χ0) is 24.6. The van der Waals surface area contributed by atoms with E-state index < -0.39 is 10.1 Å². The van der Waals surface area contributed by atoms with Gasteiger partial charge in [-0.1, -0.05) is 30.3 Å². The molecule has 0 aliphatic carbocycles. The number of fused-ring (bicyclic) bond motifs is 2. The van der Waals surface area contributed by atoms with Crippen LogP contribution in [-0.4, -0.2) is 38.4 Å². The van der Waals surface area contributed by atoms with Crippen molar-refractivity contribution < 1.29 is 17.4 Å². The van der Waals surface area contributed by atoms with Crippen molar-refractivity contribution in [3.8, 4) is 5.75 Å². The van der Waals surface area contributed by atoms with E-state index in [0.29, 0.717) is 28.7 Å². The van der Waals surface area contributed by atoms with E-state index >= 15 is 0 Å². The first-order chi connectivity index (χ1) is 16.8. The van der Waals surface area contributed by atoms with Gasteiger partial charge in [0.25, 0.3) is 5.91 Å². The van der Waals surface area contributed by atoms with Gasteiger partial charge in [0, 0.05) is 19.8 Å². The third-order valence-electron chi connectivity index (χ3n) is 5.58. The zero-order valence-corrected chi connectivity index (χ0v) is 19.7. The topological polar surface area (TPSA) is 105 Å². The van der Waals surface area contributed by atoms with Crippen LogP contribution in [0.4, 0.5) is 28.8 Å². The lowest BCUT2D eigenvalue weighted by molar-refractivity contribution is 0.0994. The summed E-state index contributed by atoms with van der Waals surface area (Å²) in [6.45, 7) is 0. The minimum absolute atomic E-state index is 0.0197. The molecule has 2 heterocycles.